The molecule has 58 heavy (non-hydrogen) atoms. The van der Waals surface area contributed by atoms with E-state index >= 15 is 4.39 Å². The van der Waals surface area contributed by atoms with Crippen molar-refractivity contribution in [1.82, 2.24) is 24.8 Å². The molecule has 7 atom stereocenters. The summed E-state index contributed by atoms with van der Waals surface area (Å²) in [6.07, 6.45) is -1.81. The lowest BCUT2D eigenvalue weighted by molar-refractivity contribution is -0.222. The molecule has 4 aliphatic rings. The second-order valence-corrected chi connectivity index (χ2v) is 18.4. The first-order valence-corrected chi connectivity index (χ1v) is 21.0. The second kappa shape index (κ2) is 15.8. The number of aromatic nitrogens is 1. The molecule has 0 spiro atoms. The summed E-state index contributed by atoms with van der Waals surface area (Å²) in [6, 6.07) is 0.705. The van der Waals surface area contributed by atoms with Crippen LogP contribution in [0.4, 0.5) is 22.4 Å². The van der Waals surface area contributed by atoms with Crippen LogP contribution in [0, 0.1) is 23.6 Å². The highest BCUT2D eigenvalue weighted by Crippen LogP contribution is 2.47. The number of nitrogens with one attached hydrogen (secondary N) is 2. The predicted molar refractivity (Wildman–Crippen MR) is 202 cm³/mol. The van der Waals surface area contributed by atoms with Gasteiger partial charge in [0.15, 0.2) is 11.6 Å². The van der Waals surface area contributed by atoms with Gasteiger partial charge >= 0.3 is 12.3 Å². The third-order valence-electron chi connectivity index (χ3n) is 11.7. The highest BCUT2D eigenvalue weighted by Gasteiger charge is 2.63. The summed E-state index contributed by atoms with van der Waals surface area (Å²) < 4.78 is 98.5. The number of hydrogen-bond donors (Lipinski definition) is 3. The molecule has 1 saturated heterocycles. The Bertz CT molecular complexity index is 2100. The van der Waals surface area contributed by atoms with E-state index in [4.69, 9.17) is 9.47 Å². The standard InChI is InChI=1S/C39H49F4N5O9S/c1-6-56-30-16-23-13-14-44-33(27(23)18-28(30)40)57-25-17-29-32(49)45-38(35(51)46-58(54,55)26-11-12-26)19-24(38)10-8-7-9-21(2)15-22(3)31(34(50)47(29)20-25)48(36(52)53)37(4,5)39(41,42)43/h8,10,13-14,16,18,21-22,24-26,29,31H,6-7,9,11-12,15,17,19-20H2,1-5H3,(H,45,49)(H,46,51)(H,52,53)/t21-,22-,24-,25-,29+,31+,38-/m1/s1. The van der Waals surface area contributed by atoms with Crippen LogP contribution >= 0.6 is 0 Å². The molecule has 0 bridgehead atoms. The fourth-order valence-corrected chi connectivity index (χ4v) is 9.51. The molecule has 3 fully saturated rings. The van der Waals surface area contributed by atoms with Gasteiger partial charge in [0.2, 0.25) is 27.7 Å². The first-order chi connectivity index (χ1) is 27.1. The summed E-state index contributed by atoms with van der Waals surface area (Å²) in [5.74, 6) is -5.64. The van der Waals surface area contributed by atoms with Gasteiger partial charge in [-0.1, -0.05) is 26.0 Å². The van der Waals surface area contributed by atoms with Crippen LogP contribution in [0.1, 0.15) is 79.6 Å². The van der Waals surface area contributed by atoms with Crippen molar-refractivity contribution in [3.63, 3.8) is 0 Å². The molecule has 0 radical (unpaired) electrons. The molecule has 1 aromatic carbocycles. The molecule has 3 heterocycles. The number of carbonyl (C=O) groups is 4. The van der Waals surface area contributed by atoms with Crippen LogP contribution in [0.15, 0.2) is 36.5 Å². The fraction of sp³-hybridized carbons (Fsp3) is 0.615. The van der Waals surface area contributed by atoms with Crippen molar-refractivity contribution in [2.24, 2.45) is 17.8 Å². The number of nitrogens with zero attached hydrogens (tertiary/aromatic N) is 3. The number of alkyl halides is 3. The Morgan fingerprint density at radius 2 is 1.84 bits per heavy atom. The molecule has 2 saturated carbocycles. The van der Waals surface area contributed by atoms with Gasteiger partial charge in [-0.2, -0.15) is 13.2 Å². The highest BCUT2D eigenvalue weighted by molar-refractivity contribution is 7.91. The monoisotopic (exact) mass is 839 g/mol. The minimum absolute atomic E-state index is 0.0171. The van der Waals surface area contributed by atoms with Gasteiger partial charge in [-0.05, 0) is 94.7 Å². The van der Waals surface area contributed by atoms with E-state index in [1.807, 2.05) is 6.92 Å². The summed E-state index contributed by atoms with van der Waals surface area (Å²) in [5, 5.41) is 13.1. The lowest BCUT2D eigenvalue weighted by atomic mass is 9.85. The smallest absolute Gasteiger partial charge is 0.411 e. The average Bonchev–Trinajstić information content (AvgIpc) is 4.05. The Balaban J connectivity index is 1.42. The summed E-state index contributed by atoms with van der Waals surface area (Å²) in [5.41, 5.74) is -4.80. The van der Waals surface area contributed by atoms with Gasteiger partial charge in [0.05, 0.1) is 18.4 Å². The topological polar surface area (TPSA) is 185 Å². The lowest BCUT2D eigenvalue weighted by Gasteiger charge is -2.45. The maximum absolute atomic E-state index is 15.1. The largest absolute Gasteiger partial charge is 0.491 e. The van der Waals surface area contributed by atoms with Gasteiger partial charge in [-0.15, -0.1) is 0 Å². The summed E-state index contributed by atoms with van der Waals surface area (Å²) in [7, 11) is -4.05. The Labute approximate surface area is 333 Å². The van der Waals surface area contributed by atoms with Gasteiger partial charge in [0.25, 0.3) is 5.91 Å². The molecular formula is C39H49F4N5O9S. The maximum atomic E-state index is 15.1. The van der Waals surface area contributed by atoms with Crippen molar-refractivity contribution in [3.8, 4) is 11.6 Å². The highest BCUT2D eigenvalue weighted by atomic mass is 32.2. The zero-order chi connectivity index (χ0) is 42.5. The van der Waals surface area contributed by atoms with Crippen molar-refractivity contribution >= 4 is 44.6 Å². The van der Waals surface area contributed by atoms with E-state index < -0.39 is 98.7 Å². The van der Waals surface area contributed by atoms with E-state index in [1.165, 1.54) is 19.2 Å². The number of allylic oxidation sites excluding steroid dienone is 1. The zero-order valence-corrected chi connectivity index (χ0v) is 33.7. The fourth-order valence-electron chi connectivity index (χ4n) is 8.15. The Morgan fingerprint density at radius 3 is 2.48 bits per heavy atom. The Hall–Kier alpha value is -4.68. The quantitative estimate of drug-likeness (QED) is 0.221. The van der Waals surface area contributed by atoms with E-state index in [-0.39, 0.29) is 53.7 Å². The Morgan fingerprint density at radius 1 is 1.14 bits per heavy atom. The average molecular weight is 840 g/mol. The van der Waals surface area contributed by atoms with E-state index in [0.717, 1.165) is 11.0 Å². The van der Waals surface area contributed by atoms with Crippen molar-refractivity contribution in [3.05, 3.63) is 42.4 Å². The third-order valence-corrected chi connectivity index (χ3v) is 13.5. The van der Waals surface area contributed by atoms with Gasteiger partial charge in [0, 0.05) is 23.9 Å². The van der Waals surface area contributed by atoms with Crippen LogP contribution in [-0.4, -0.2) is 106 Å². The second-order valence-electron chi connectivity index (χ2n) is 16.5. The SMILES string of the molecule is CCOc1cc2ccnc(O[C@@H]3C[C@H]4C(=O)N[C@]5(C(=O)NS(=O)(=O)C6CC6)C[C@H]5C=CCC[C@@H](C)C[C@@H](C)[C@H](N(C(=O)O)C(C)(C)C(F)(F)F)C(=O)N4C3)c2cc1F. The van der Waals surface area contributed by atoms with E-state index in [9.17, 15) is 45.9 Å². The number of sulfonamides is 1. The number of ether oxygens (including phenoxy) is 2. The van der Waals surface area contributed by atoms with Crippen LogP contribution in [-0.2, 0) is 24.4 Å². The molecule has 6 rings (SSSR count). The number of benzene rings is 1. The van der Waals surface area contributed by atoms with E-state index in [2.05, 4.69) is 15.0 Å². The number of carboxylic acid groups (broad SMARTS) is 1. The number of carbonyl (C=O) groups excluding carboxylic acids is 3. The minimum Gasteiger partial charge on any atom is -0.491 e. The molecule has 2 aliphatic carbocycles. The first-order valence-electron chi connectivity index (χ1n) is 19.4. The Kier molecular flexibility index (Phi) is 11.7. The van der Waals surface area contributed by atoms with E-state index in [1.54, 1.807) is 25.1 Å². The van der Waals surface area contributed by atoms with Crippen LogP contribution in [0.25, 0.3) is 10.8 Å². The number of hydrogen-bond acceptors (Lipinski definition) is 9. The molecule has 2 aromatic rings. The summed E-state index contributed by atoms with van der Waals surface area (Å²) in [6.45, 7) is 6.10. The van der Waals surface area contributed by atoms with Crippen LogP contribution in [0.2, 0.25) is 0 Å². The number of fused-ring (bicyclic) bond motifs is 3. The van der Waals surface area contributed by atoms with Crippen molar-refractivity contribution < 1.29 is 59.7 Å². The molecule has 2 aliphatic heterocycles. The van der Waals surface area contributed by atoms with Gasteiger partial charge in [0.1, 0.15) is 29.3 Å². The molecule has 3 N–H and O–H groups in total. The summed E-state index contributed by atoms with van der Waals surface area (Å²) in [4.78, 5) is 61.4. The van der Waals surface area contributed by atoms with Gasteiger partial charge < -0.3 is 24.8 Å². The van der Waals surface area contributed by atoms with Gasteiger partial charge in [-0.25, -0.2) is 22.6 Å². The number of halogens is 4. The maximum Gasteiger partial charge on any atom is 0.411 e. The normalized spacial score (nSPS) is 28.4. The molecule has 14 nitrogen and oxygen atoms in total. The lowest BCUT2D eigenvalue weighted by Crippen LogP contribution is -2.66. The van der Waals surface area contributed by atoms with Gasteiger partial charge in [-0.3, -0.25) is 24.0 Å². The number of amides is 4. The molecular weight excluding hydrogens is 791 g/mol. The van der Waals surface area contributed by atoms with Crippen LogP contribution < -0.4 is 19.5 Å². The first kappa shape index (κ1) is 42.9. The summed E-state index contributed by atoms with van der Waals surface area (Å²) >= 11 is 0. The van der Waals surface area contributed by atoms with Crippen molar-refractivity contribution in [2.75, 3.05) is 13.2 Å². The third kappa shape index (κ3) is 8.41. The molecule has 4 amide bonds. The molecule has 318 valence electrons. The number of pyridine rings is 1. The zero-order valence-electron chi connectivity index (χ0n) is 32.8. The van der Waals surface area contributed by atoms with Crippen molar-refractivity contribution in [2.45, 2.75) is 120 Å². The number of rotatable bonds is 9. The minimum atomic E-state index is -5.12. The molecule has 0 unspecified atom stereocenters. The molecule has 1 aromatic heterocycles. The molecule has 19 heteroatoms. The van der Waals surface area contributed by atoms with Crippen LogP contribution in [0.5, 0.6) is 11.6 Å². The van der Waals surface area contributed by atoms with Crippen molar-refractivity contribution in [1.29, 1.82) is 0 Å². The predicted octanol–water partition coefficient (Wildman–Crippen LogP) is 5.31. The van der Waals surface area contributed by atoms with E-state index in [0.29, 0.717) is 44.9 Å². The van der Waals surface area contributed by atoms with Crippen LogP contribution in [0.3, 0.4) is 0 Å².